The van der Waals surface area contributed by atoms with E-state index in [-0.39, 0.29) is 5.92 Å². The molecule has 0 aliphatic carbocycles. The van der Waals surface area contributed by atoms with E-state index in [1.54, 1.807) is 31.2 Å². The van der Waals surface area contributed by atoms with Gasteiger partial charge in [0.25, 0.3) is 0 Å². The number of alkyl halides is 1. The summed E-state index contributed by atoms with van der Waals surface area (Å²) in [5.41, 5.74) is 4.05. The number of rotatable bonds is 8. The van der Waals surface area contributed by atoms with Crippen molar-refractivity contribution in [2.24, 2.45) is 5.92 Å². The van der Waals surface area contributed by atoms with Crippen LogP contribution in [-0.2, 0) is 16.9 Å². The number of hydrogen-bond donors (Lipinski definition) is 2. The first kappa shape index (κ1) is 23.0. The Bertz CT molecular complexity index is 1130. The Balaban J connectivity index is 2.11. The first-order chi connectivity index (χ1) is 15.2. The van der Waals surface area contributed by atoms with Crippen molar-refractivity contribution in [2.75, 3.05) is 5.32 Å². The van der Waals surface area contributed by atoms with Gasteiger partial charge < -0.3 is 10.4 Å². The Morgan fingerprint density at radius 1 is 1.03 bits per heavy atom. The van der Waals surface area contributed by atoms with Crippen molar-refractivity contribution in [1.82, 2.24) is 0 Å². The molecule has 4 nitrogen and oxygen atoms in total. The lowest BCUT2D eigenvalue weighted by atomic mass is 9.75. The minimum Gasteiger partial charge on any atom is -0.481 e. The average molecular weight is 431 g/mol. The molecule has 1 atom stereocenters. The normalized spacial score (nSPS) is 12.8. The topological polar surface area (TPSA) is 73.1 Å². The smallest absolute Gasteiger partial charge is 0.313 e. The standard InChI is InChI=1S/C27H27FN2O2/c1-18(2)15-27(3,26(31)32)23-12-22(21-8-4-19(16-28)5-9-21)13-25(14-23)30-24-10-6-20(17-29)7-11-24/h4-14,18,30H,15-16H2,1-3H3,(H,31,32). The van der Waals surface area contributed by atoms with Gasteiger partial charge in [-0.1, -0.05) is 38.1 Å². The first-order valence-corrected chi connectivity index (χ1v) is 10.6. The zero-order valence-electron chi connectivity index (χ0n) is 18.5. The average Bonchev–Trinajstić information content (AvgIpc) is 2.79. The lowest BCUT2D eigenvalue weighted by Crippen LogP contribution is -2.34. The van der Waals surface area contributed by atoms with Crippen LogP contribution in [0.25, 0.3) is 11.1 Å². The maximum absolute atomic E-state index is 13.0. The van der Waals surface area contributed by atoms with Gasteiger partial charge in [0.05, 0.1) is 17.0 Å². The van der Waals surface area contributed by atoms with Crippen LogP contribution in [0.1, 0.15) is 43.9 Å². The summed E-state index contributed by atoms with van der Waals surface area (Å²) in [6, 6.07) is 22.1. The van der Waals surface area contributed by atoms with Crippen molar-refractivity contribution in [3.63, 3.8) is 0 Å². The maximum Gasteiger partial charge on any atom is 0.313 e. The van der Waals surface area contributed by atoms with Crippen LogP contribution in [-0.4, -0.2) is 11.1 Å². The van der Waals surface area contributed by atoms with Gasteiger partial charge in [-0.3, -0.25) is 4.79 Å². The fraction of sp³-hybridized carbons (Fsp3) is 0.259. The second kappa shape index (κ2) is 9.65. The van der Waals surface area contributed by atoms with E-state index in [0.717, 1.165) is 22.5 Å². The van der Waals surface area contributed by atoms with Crippen LogP contribution in [0.3, 0.4) is 0 Å². The van der Waals surface area contributed by atoms with E-state index in [1.165, 1.54) is 0 Å². The SMILES string of the molecule is CC(C)CC(C)(C(=O)O)c1cc(Nc2ccc(C#N)cc2)cc(-c2ccc(CF)cc2)c1. The molecule has 0 radical (unpaired) electrons. The number of nitrogens with one attached hydrogen (secondary N) is 1. The highest BCUT2D eigenvalue weighted by Gasteiger charge is 2.36. The monoisotopic (exact) mass is 430 g/mol. The van der Waals surface area contributed by atoms with E-state index in [9.17, 15) is 14.3 Å². The fourth-order valence-corrected chi connectivity index (χ4v) is 3.91. The van der Waals surface area contributed by atoms with Gasteiger partial charge in [0.2, 0.25) is 0 Å². The molecule has 0 saturated carbocycles. The second-order valence-corrected chi connectivity index (χ2v) is 8.68. The van der Waals surface area contributed by atoms with Gasteiger partial charge in [-0.15, -0.1) is 0 Å². The molecule has 0 amide bonds. The summed E-state index contributed by atoms with van der Waals surface area (Å²) in [5, 5.41) is 22.5. The van der Waals surface area contributed by atoms with Crippen LogP contribution in [0, 0.1) is 17.2 Å². The molecule has 0 aliphatic heterocycles. The third kappa shape index (κ3) is 5.15. The zero-order chi connectivity index (χ0) is 23.3. The van der Waals surface area contributed by atoms with Crippen molar-refractivity contribution in [3.8, 4) is 17.2 Å². The molecule has 0 bridgehead atoms. The van der Waals surface area contributed by atoms with E-state index in [1.807, 2.05) is 56.3 Å². The Morgan fingerprint density at radius 2 is 1.69 bits per heavy atom. The molecule has 3 aromatic rings. The van der Waals surface area contributed by atoms with Gasteiger partial charge in [0.1, 0.15) is 6.67 Å². The summed E-state index contributed by atoms with van der Waals surface area (Å²) < 4.78 is 13.0. The van der Waals surface area contributed by atoms with Crippen molar-refractivity contribution in [1.29, 1.82) is 5.26 Å². The van der Waals surface area contributed by atoms with Gasteiger partial charge in [-0.05, 0) is 84.0 Å². The van der Waals surface area contributed by atoms with Crippen LogP contribution in [0.4, 0.5) is 15.8 Å². The molecule has 0 fully saturated rings. The summed E-state index contributed by atoms with van der Waals surface area (Å²) in [6.45, 7) is 5.25. The molecule has 0 aliphatic rings. The number of carboxylic acid groups (broad SMARTS) is 1. The maximum atomic E-state index is 13.0. The number of halogens is 1. The Kier molecular flexibility index (Phi) is 6.95. The Labute approximate surface area is 188 Å². The third-order valence-electron chi connectivity index (χ3n) is 5.60. The van der Waals surface area contributed by atoms with Gasteiger partial charge in [-0.2, -0.15) is 5.26 Å². The van der Waals surface area contributed by atoms with Crippen LogP contribution in [0.2, 0.25) is 0 Å². The van der Waals surface area contributed by atoms with E-state index >= 15 is 0 Å². The largest absolute Gasteiger partial charge is 0.481 e. The quantitative estimate of drug-likeness (QED) is 0.411. The number of anilines is 2. The van der Waals surface area contributed by atoms with E-state index in [2.05, 4.69) is 11.4 Å². The van der Waals surface area contributed by atoms with Gasteiger partial charge >= 0.3 is 5.97 Å². The molecule has 2 N–H and O–H groups in total. The van der Waals surface area contributed by atoms with Crippen LogP contribution in [0.15, 0.2) is 66.7 Å². The molecule has 3 rings (SSSR count). The summed E-state index contributed by atoms with van der Waals surface area (Å²) in [6.07, 6.45) is 0.489. The number of hydrogen-bond acceptors (Lipinski definition) is 3. The van der Waals surface area contributed by atoms with Gasteiger partial charge in [0, 0.05) is 11.4 Å². The van der Waals surface area contributed by atoms with Gasteiger partial charge in [-0.25, -0.2) is 4.39 Å². The second-order valence-electron chi connectivity index (χ2n) is 8.68. The van der Waals surface area contributed by atoms with Crippen molar-refractivity contribution in [3.05, 3.63) is 83.4 Å². The molecule has 0 aromatic heterocycles. The highest BCUT2D eigenvalue weighted by Crippen LogP contribution is 2.37. The lowest BCUT2D eigenvalue weighted by Gasteiger charge is -2.28. The Morgan fingerprint density at radius 3 is 2.22 bits per heavy atom. The van der Waals surface area contributed by atoms with Gasteiger partial charge in [0.15, 0.2) is 0 Å². The highest BCUT2D eigenvalue weighted by molar-refractivity contribution is 5.83. The number of nitriles is 1. The zero-order valence-corrected chi connectivity index (χ0v) is 18.5. The number of benzene rings is 3. The van der Waals surface area contributed by atoms with Crippen molar-refractivity contribution >= 4 is 17.3 Å². The molecular weight excluding hydrogens is 403 g/mol. The predicted octanol–water partition coefficient (Wildman–Crippen LogP) is 6.83. The summed E-state index contributed by atoms with van der Waals surface area (Å²) in [4.78, 5) is 12.3. The van der Waals surface area contributed by atoms with Crippen molar-refractivity contribution in [2.45, 2.75) is 39.3 Å². The minimum atomic E-state index is -1.07. The van der Waals surface area contributed by atoms with Crippen LogP contribution in [0.5, 0.6) is 0 Å². The van der Waals surface area contributed by atoms with E-state index in [0.29, 0.717) is 23.1 Å². The van der Waals surface area contributed by atoms with Crippen LogP contribution >= 0.6 is 0 Å². The van der Waals surface area contributed by atoms with E-state index < -0.39 is 18.1 Å². The molecule has 0 saturated heterocycles. The number of carboxylic acids is 1. The number of aliphatic carboxylic acids is 1. The molecular formula is C27H27FN2O2. The third-order valence-corrected chi connectivity index (χ3v) is 5.60. The molecule has 0 heterocycles. The molecule has 3 aromatic carbocycles. The number of carbonyl (C=O) groups is 1. The molecule has 0 spiro atoms. The lowest BCUT2D eigenvalue weighted by molar-refractivity contribution is -0.143. The highest BCUT2D eigenvalue weighted by atomic mass is 19.1. The molecule has 164 valence electrons. The summed E-state index contributed by atoms with van der Waals surface area (Å²) in [7, 11) is 0. The minimum absolute atomic E-state index is 0.193. The van der Waals surface area contributed by atoms with Crippen molar-refractivity contribution < 1.29 is 14.3 Å². The predicted molar refractivity (Wildman–Crippen MR) is 126 cm³/mol. The molecule has 1 unspecified atom stereocenters. The molecule has 5 heteroatoms. The molecule has 32 heavy (non-hydrogen) atoms. The Hall–Kier alpha value is -3.65. The summed E-state index contributed by atoms with van der Waals surface area (Å²) in [5.74, 6) is -0.682. The summed E-state index contributed by atoms with van der Waals surface area (Å²) >= 11 is 0. The fourth-order valence-electron chi connectivity index (χ4n) is 3.91. The van der Waals surface area contributed by atoms with E-state index in [4.69, 9.17) is 5.26 Å². The first-order valence-electron chi connectivity index (χ1n) is 10.6. The van der Waals surface area contributed by atoms with Crippen LogP contribution < -0.4 is 5.32 Å². The number of nitrogens with zero attached hydrogens (tertiary/aromatic N) is 1.